The molecule has 2 rings (SSSR count). The lowest BCUT2D eigenvalue weighted by molar-refractivity contribution is -0.122. The fourth-order valence-corrected chi connectivity index (χ4v) is 2.46. The van der Waals surface area contributed by atoms with Crippen LogP contribution in [0.4, 0.5) is 9.18 Å². The van der Waals surface area contributed by atoms with Crippen LogP contribution in [0.2, 0.25) is 0 Å². The van der Waals surface area contributed by atoms with E-state index >= 15 is 0 Å². The Morgan fingerprint density at radius 2 is 2.18 bits per heavy atom. The van der Waals surface area contributed by atoms with Gasteiger partial charge in [-0.2, -0.15) is 0 Å². The van der Waals surface area contributed by atoms with Gasteiger partial charge in [0.1, 0.15) is 5.82 Å². The van der Waals surface area contributed by atoms with Crippen LogP contribution in [0.15, 0.2) is 24.3 Å². The van der Waals surface area contributed by atoms with Crippen molar-refractivity contribution in [2.45, 2.75) is 31.4 Å². The van der Waals surface area contributed by atoms with Gasteiger partial charge in [-0.3, -0.25) is 4.79 Å². The van der Waals surface area contributed by atoms with Crippen molar-refractivity contribution in [1.82, 2.24) is 10.6 Å². The Balaban J connectivity index is 1.95. The van der Waals surface area contributed by atoms with Crippen molar-refractivity contribution in [3.63, 3.8) is 0 Å². The van der Waals surface area contributed by atoms with Crippen molar-refractivity contribution in [3.05, 3.63) is 35.6 Å². The first-order chi connectivity index (χ1) is 10.6. The van der Waals surface area contributed by atoms with E-state index in [9.17, 15) is 14.0 Å². The van der Waals surface area contributed by atoms with Crippen LogP contribution in [0, 0.1) is 5.82 Å². The quantitative estimate of drug-likeness (QED) is 0.737. The van der Waals surface area contributed by atoms with Crippen LogP contribution in [0.25, 0.3) is 0 Å². The number of primary amides is 1. The molecule has 2 atom stereocenters. The highest BCUT2D eigenvalue weighted by Gasteiger charge is 2.22. The van der Waals surface area contributed by atoms with Crippen LogP contribution in [0.5, 0.6) is 0 Å². The van der Waals surface area contributed by atoms with Crippen LogP contribution >= 0.6 is 0 Å². The highest BCUT2D eigenvalue weighted by Crippen LogP contribution is 2.20. The molecule has 7 heteroatoms. The molecule has 1 aliphatic rings. The van der Waals surface area contributed by atoms with Crippen molar-refractivity contribution < 1.29 is 18.7 Å². The topological polar surface area (TPSA) is 93.5 Å². The van der Waals surface area contributed by atoms with Crippen molar-refractivity contribution in [2.24, 2.45) is 5.73 Å². The number of rotatable bonds is 6. The first-order valence-corrected chi connectivity index (χ1v) is 7.25. The normalized spacial score (nSPS) is 18.7. The fourth-order valence-electron chi connectivity index (χ4n) is 2.46. The van der Waals surface area contributed by atoms with E-state index < -0.39 is 17.9 Å². The molecule has 120 valence electrons. The lowest BCUT2D eigenvalue weighted by Crippen LogP contribution is -2.38. The van der Waals surface area contributed by atoms with E-state index in [1.807, 2.05) is 0 Å². The molecular formula is C15H20FN3O3. The molecule has 1 heterocycles. The molecule has 4 N–H and O–H groups in total. The lowest BCUT2D eigenvalue weighted by Gasteiger charge is -2.19. The zero-order chi connectivity index (χ0) is 15.9. The minimum absolute atomic E-state index is 0.0277. The van der Waals surface area contributed by atoms with Gasteiger partial charge in [-0.05, 0) is 18.9 Å². The summed E-state index contributed by atoms with van der Waals surface area (Å²) in [4.78, 5) is 23.1. The summed E-state index contributed by atoms with van der Waals surface area (Å²) in [5, 5.41) is 5.14. The molecule has 0 aromatic heterocycles. The monoisotopic (exact) mass is 309 g/mol. The van der Waals surface area contributed by atoms with Gasteiger partial charge in [0, 0.05) is 18.7 Å². The first kappa shape index (κ1) is 16.2. The summed E-state index contributed by atoms with van der Waals surface area (Å²) < 4.78 is 19.2. The predicted octanol–water partition coefficient (Wildman–Crippen LogP) is 1.22. The molecule has 6 nitrogen and oxygen atoms in total. The molecule has 0 bridgehead atoms. The SMILES string of the molecule is NC(=O)N[C@@H](CC(=O)NC[C@H]1CCCO1)c1ccccc1F. The van der Waals surface area contributed by atoms with E-state index in [-0.39, 0.29) is 24.0 Å². The average Bonchev–Trinajstić information content (AvgIpc) is 2.98. The standard InChI is InChI=1S/C15H20FN3O3/c16-12-6-2-1-5-11(12)13(19-15(17)21)8-14(20)18-9-10-4-3-7-22-10/h1-2,5-6,10,13H,3-4,7-9H2,(H,18,20)(H3,17,19,21)/t10-,13+/m1/s1. The minimum atomic E-state index is -0.805. The third-order valence-electron chi connectivity index (χ3n) is 3.54. The van der Waals surface area contributed by atoms with Crippen molar-refractivity contribution in [3.8, 4) is 0 Å². The van der Waals surface area contributed by atoms with Crippen LogP contribution in [-0.2, 0) is 9.53 Å². The van der Waals surface area contributed by atoms with E-state index in [4.69, 9.17) is 10.5 Å². The Hall–Kier alpha value is -2.15. The first-order valence-electron chi connectivity index (χ1n) is 7.25. The number of ether oxygens (including phenoxy) is 1. The molecule has 0 saturated carbocycles. The Bertz CT molecular complexity index is 533. The van der Waals surface area contributed by atoms with Crippen LogP contribution in [0.1, 0.15) is 30.9 Å². The van der Waals surface area contributed by atoms with Gasteiger partial charge in [0.05, 0.1) is 18.6 Å². The molecule has 0 unspecified atom stereocenters. The van der Waals surface area contributed by atoms with Gasteiger partial charge in [-0.1, -0.05) is 18.2 Å². The second-order valence-corrected chi connectivity index (χ2v) is 5.23. The maximum absolute atomic E-state index is 13.8. The van der Waals surface area contributed by atoms with E-state index in [0.29, 0.717) is 13.2 Å². The average molecular weight is 309 g/mol. The Labute approximate surface area is 128 Å². The highest BCUT2D eigenvalue weighted by atomic mass is 19.1. The number of halogens is 1. The van der Waals surface area contributed by atoms with E-state index in [1.165, 1.54) is 18.2 Å². The number of nitrogens with one attached hydrogen (secondary N) is 2. The van der Waals surface area contributed by atoms with Gasteiger partial charge >= 0.3 is 6.03 Å². The second kappa shape index (κ2) is 7.74. The summed E-state index contributed by atoms with van der Waals surface area (Å²) in [6, 6.07) is 4.36. The maximum atomic E-state index is 13.8. The van der Waals surface area contributed by atoms with Crippen LogP contribution in [0.3, 0.4) is 0 Å². The largest absolute Gasteiger partial charge is 0.376 e. The summed E-state index contributed by atoms with van der Waals surface area (Å²) in [5.41, 5.74) is 5.34. The van der Waals surface area contributed by atoms with Gasteiger partial charge in [0.25, 0.3) is 0 Å². The molecule has 0 radical (unpaired) electrons. The number of carbonyl (C=O) groups is 2. The summed E-state index contributed by atoms with van der Waals surface area (Å²) in [5.74, 6) is -0.786. The number of nitrogens with two attached hydrogens (primary N) is 1. The zero-order valence-electron chi connectivity index (χ0n) is 12.2. The number of hydrogen-bond donors (Lipinski definition) is 3. The number of amides is 3. The minimum Gasteiger partial charge on any atom is -0.376 e. The molecule has 22 heavy (non-hydrogen) atoms. The summed E-state index contributed by atoms with van der Waals surface area (Å²) in [7, 11) is 0. The second-order valence-electron chi connectivity index (χ2n) is 5.23. The Kier molecular flexibility index (Phi) is 5.71. The summed E-state index contributed by atoms with van der Waals surface area (Å²) in [6.45, 7) is 1.13. The molecule has 3 amide bonds. The molecule has 0 aliphatic carbocycles. The lowest BCUT2D eigenvalue weighted by atomic mass is 10.0. The summed E-state index contributed by atoms with van der Waals surface area (Å²) in [6.07, 6.45) is 1.84. The molecule has 1 aromatic carbocycles. The third kappa shape index (κ3) is 4.70. The number of hydrogen-bond acceptors (Lipinski definition) is 3. The van der Waals surface area contributed by atoms with E-state index in [0.717, 1.165) is 12.8 Å². The smallest absolute Gasteiger partial charge is 0.312 e. The molecular weight excluding hydrogens is 289 g/mol. The molecule has 1 aliphatic heterocycles. The van der Waals surface area contributed by atoms with Crippen molar-refractivity contribution in [1.29, 1.82) is 0 Å². The van der Waals surface area contributed by atoms with E-state index in [1.54, 1.807) is 6.07 Å². The maximum Gasteiger partial charge on any atom is 0.312 e. The number of urea groups is 1. The molecule has 0 spiro atoms. The molecule has 1 fully saturated rings. The third-order valence-corrected chi connectivity index (χ3v) is 3.54. The van der Waals surface area contributed by atoms with Crippen molar-refractivity contribution >= 4 is 11.9 Å². The molecule has 1 aromatic rings. The highest BCUT2D eigenvalue weighted by molar-refractivity contribution is 5.78. The van der Waals surface area contributed by atoms with Crippen molar-refractivity contribution in [2.75, 3.05) is 13.2 Å². The van der Waals surface area contributed by atoms with Gasteiger partial charge in [-0.15, -0.1) is 0 Å². The van der Waals surface area contributed by atoms with Crippen LogP contribution in [-0.4, -0.2) is 31.2 Å². The van der Waals surface area contributed by atoms with Gasteiger partial charge < -0.3 is 21.1 Å². The van der Waals surface area contributed by atoms with Gasteiger partial charge in [-0.25, -0.2) is 9.18 Å². The Morgan fingerprint density at radius 3 is 2.82 bits per heavy atom. The Morgan fingerprint density at radius 1 is 1.41 bits per heavy atom. The predicted molar refractivity (Wildman–Crippen MR) is 78.5 cm³/mol. The number of benzene rings is 1. The number of carbonyl (C=O) groups excluding carboxylic acids is 2. The van der Waals surface area contributed by atoms with Gasteiger partial charge in [0.2, 0.25) is 5.91 Å². The van der Waals surface area contributed by atoms with Gasteiger partial charge in [0.15, 0.2) is 0 Å². The summed E-state index contributed by atoms with van der Waals surface area (Å²) >= 11 is 0. The zero-order valence-corrected chi connectivity index (χ0v) is 12.2. The van der Waals surface area contributed by atoms with Crippen LogP contribution < -0.4 is 16.4 Å². The van der Waals surface area contributed by atoms with E-state index in [2.05, 4.69) is 10.6 Å². The molecule has 1 saturated heterocycles. The fraction of sp³-hybridized carbons (Fsp3) is 0.467.